The predicted molar refractivity (Wildman–Crippen MR) is 80.3 cm³/mol. The maximum atomic E-state index is 3.23. The lowest BCUT2D eigenvalue weighted by molar-refractivity contribution is 0.816. The van der Waals surface area contributed by atoms with Gasteiger partial charge in [-0.3, -0.25) is 0 Å². The summed E-state index contributed by atoms with van der Waals surface area (Å²) >= 11 is 0. The van der Waals surface area contributed by atoms with E-state index in [-0.39, 0.29) is 0 Å². The summed E-state index contributed by atoms with van der Waals surface area (Å²) in [6.45, 7) is 0.921. The van der Waals surface area contributed by atoms with Crippen LogP contribution >= 0.6 is 0 Å². The Bertz CT molecular complexity index is 682. The van der Waals surface area contributed by atoms with E-state index < -0.39 is 0 Å². The van der Waals surface area contributed by atoms with Gasteiger partial charge in [0.15, 0.2) is 0 Å². The van der Waals surface area contributed by atoms with E-state index in [1.165, 1.54) is 27.6 Å². The summed E-state index contributed by atoms with van der Waals surface area (Å²) in [6, 6.07) is 17.5. The molecular formula is C17H18N2. The molecule has 96 valence electrons. The minimum atomic E-state index is 0.921. The van der Waals surface area contributed by atoms with Crippen molar-refractivity contribution in [2.75, 3.05) is 7.05 Å². The zero-order valence-electron chi connectivity index (χ0n) is 11.1. The zero-order chi connectivity index (χ0) is 13.1. The second-order valence-corrected chi connectivity index (χ2v) is 4.93. The Hall–Kier alpha value is -2.06. The predicted octanol–water partition coefficient (Wildman–Crippen LogP) is 3.48. The van der Waals surface area contributed by atoms with Gasteiger partial charge in [0.25, 0.3) is 0 Å². The van der Waals surface area contributed by atoms with Crippen LogP contribution in [0.2, 0.25) is 0 Å². The van der Waals surface area contributed by atoms with Crippen molar-refractivity contribution in [3.63, 3.8) is 0 Å². The van der Waals surface area contributed by atoms with Crippen LogP contribution in [-0.2, 0) is 13.0 Å². The van der Waals surface area contributed by atoms with E-state index in [4.69, 9.17) is 0 Å². The number of fused-ring (bicyclic) bond motifs is 1. The van der Waals surface area contributed by atoms with Gasteiger partial charge in [-0.25, -0.2) is 0 Å². The smallest absolute Gasteiger partial charge is 0.0454 e. The topological polar surface area (TPSA) is 27.8 Å². The molecule has 0 amide bonds. The number of aromatic amines is 1. The normalized spacial score (nSPS) is 11.0. The van der Waals surface area contributed by atoms with Crippen molar-refractivity contribution in [3.05, 3.63) is 71.4 Å². The molecule has 2 heteroatoms. The van der Waals surface area contributed by atoms with Gasteiger partial charge in [0, 0.05) is 18.3 Å². The summed E-state index contributed by atoms with van der Waals surface area (Å²) in [7, 11) is 1.98. The Balaban J connectivity index is 1.85. The van der Waals surface area contributed by atoms with Gasteiger partial charge in [-0.1, -0.05) is 30.3 Å². The van der Waals surface area contributed by atoms with Crippen LogP contribution in [0, 0.1) is 0 Å². The van der Waals surface area contributed by atoms with Crippen LogP contribution in [0.5, 0.6) is 0 Å². The molecular weight excluding hydrogens is 232 g/mol. The number of hydrogen-bond donors (Lipinski definition) is 2. The fourth-order valence-electron chi connectivity index (χ4n) is 2.50. The lowest BCUT2D eigenvalue weighted by atomic mass is 10.0. The van der Waals surface area contributed by atoms with E-state index in [1.807, 2.05) is 13.2 Å². The summed E-state index contributed by atoms with van der Waals surface area (Å²) in [5, 5.41) is 4.47. The number of H-pyrrole nitrogens is 1. The van der Waals surface area contributed by atoms with Gasteiger partial charge in [0.1, 0.15) is 0 Å². The summed E-state index contributed by atoms with van der Waals surface area (Å²) in [6.07, 6.45) is 2.97. The molecule has 0 bridgehead atoms. The number of nitrogens with one attached hydrogen (secondary N) is 2. The monoisotopic (exact) mass is 250 g/mol. The lowest BCUT2D eigenvalue weighted by Gasteiger charge is -2.06. The van der Waals surface area contributed by atoms with Gasteiger partial charge in [-0.2, -0.15) is 0 Å². The van der Waals surface area contributed by atoms with Crippen molar-refractivity contribution in [1.29, 1.82) is 0 Å². The molecule has 0 radical (unpaired) electrons. The number of rotatable bonds is 4. The van der Waals surface area contributed by atoms with E-state index in [9.17, 15) is 0 Å². The SMILES string of the molecule is CNCc1cccc(Cc2ccc3[nH]ccc3c2)c1. The minimum absolute atomic E-state index is 0.921. The first-order valence-corrected chi connectivity index (χ1v) is 6.63. The van der Waals surface area contributed by atoms with Crippen LogP contribution in [0.15, 0.2) is 54.7 Å². The zero-order valence-corrected chi connectivity index (χ0v) is 11.1. The average Bonchev–Trinajstić information content (AvgIpc) is 2.87. The average molecular weight is 250 g/mol. The molecule has 0 aliphatic carbocycles. The third kappa shape index (κ3) is 2.69. The lowest BCUT2D eigenvalue weighted by Crippen LogP contribution is -2.05. The Morgan fingerprint density at radius 2 is 1.79 bits per heavy atom. The van der Waals surface area contributed by atoms with Crippen LogP contribution in [-0.4, -0.2) is 12.0 Å². The van der Waals surface area contributed by atoms with Crippen LogP contribution < -0.4 is 5.32 Å². The number of hydrogen-bond acceptors (Lipinski definition) is 1. The van der Waals surface area contributed by atoms with Gasteiger partial charge >= 0.3 is 0 Å². The van der Waals surface area contributed by atoms with Gasteiger partial charge < -0.3 is 10.3 Å². The highest BCUT2D eigenvalue weighted by molar-refractivity contribution is 5.80. The first-order valence-electron chi connectivity index (χ1n) is 6.63. The second kappa shape index (κ2) is 5.29. The molecule has 1 heterocycles. The first-order chi connectivity index (χ1) is 9.35. The molecule has 0 atom stereocenters. The van der Waals surface area contributed by atoms with Crippen molar-refractivity contribution >= 4 is 10.9 Å². The number of benzene rings is 2. The van der Waals surface area contributed by atoms with Crippen LogP contribution in [0.4, 0.5) is 0 Å². The molecule has 19 heavy (non-hydrogen) atoms. The fourth-order valence-corrected chi connectivity index (χ4v) is 2.50. The van der Waals surface area contributed by atoms with Gasteiger partial charge in [-0.15, -0.1) is 0 Å². The Morgan fingerprint density at radius 1 is 0.947 bits per heavy atom. The van der Waals surface area contributed by atoms with Gasteiger partial charge in [-0.05, 0) is 53.7 Å². The second-order valence-electron chi connectivity index (χ2n) is 4.93. The van der Waals surface area contributed by atoms with Crippen molar-refractivity contribution < 1.29 is 0 Å². The Labute approximate surface area is 113 Å². The van der Waals surface area contributed by atoms with Crippen molar-refractivity contribution in [3.8, 4) is 0 Å². The van der Waals surface area contributed by atoms with E-state index in [0.717, 1.165) is 13.0 Å². The summed E-state index contributed by atoms with van der Waals surface area (Å²) < 4.78 is 0. The summed E-state index contributed by atoms with van der Waals surface area (Å²) in [5.41, 5.74) is 5.26. The standard InChI is InChI=1S/C17H18N2/c1-18-12-15-4-2-3-13(10-15)9-14-5-6-17-16(11-14)7-8-19-17/h2-8,10-11,18-19H,9,12H2,1H3. The maximum Gasteiger partial charge on any atom is 0.0454 e. The molecule has 2 N–H and O–H groups in total. The van der Waals surface area contributed by atoms with Crippen LogP contribution in [0.25, 0.3) is 10.9 Å². The molecule has 0 aliphatic heterocycles. The van der Waals surface area contributed by atoms with Crippen molar-refractivity contribution in [2.24, 2.45) is 0 Å². The van der Waals surface area contributed by atoms with Gasteiger partial charge in [0.2, 0.25) is 0 Å². The quantitative estimate of drug-likeness (QED) is 0.729. The Morgan fingerprint density at radius 3 is 2.68 bits per heavy atom. The van der Waals surface area contributed by atoms with E-state index in [2.05, 4.69) is 58.8 Å². The fraction of sp³-hybridized carbons (Fsp3) is 0.176. The summed E-state index contributed by atoms with van der Waals surface area (Å²) in [4.78, 5) is 3.23. The van der Waals surface area contributed by atoms with E-state index >= 15 is 0 Å². The highest BCUT2D eigenvalue weighted by Crippen LogP contribution is 2.17. The van der Waals surface area contributed by atoms with E-state index in [0.29, 0.717) is 0 Å². The Kier molecular flexibility index (Phi) is 3.34. The molecule has 0 saturated carbocycles. The first kappa shape index (κ1) is 12.0. The molecule has 2 nitrogen and oxygen atoms in total. The maximum absolute atomic E-state index is 3.23. The third-order valence-electron chi connectivity index (χ3n) is 3.40. The molecule has 0 fully saturated rings. The van der Waals surface area contributed by atoms with Crippen molar-refractivity contribution in [1.82, 2.24) is 10.3 Å². The van der Waals surface area contributed by atoms with Crippen molar-refractivity contribution in [2.45, 2.75) is 13.0 Å². The molecule has 2 aromatic carbocycles. The number of aromatic nitrogens is 1. The largest absolute Gasteiger partial charge is 0.361 e. The highest BCUT2D eigenvalue weighted by atomic mass is 14.8. The van der Waals surface area contributed by atoms with Gasteiger partial charge in [0.05, 0.1) is 0 Å². The molecule has 3 aromatic rings. The molecule has 0 spiro atoms. The highest BCUT2D eigenvalue weighted by Gasteiger charge is 2.00. The van der Waals surface area contributed by atoms with Crippen LogP contribution in [0.1, 0.15) is 16.7 Å². The molecule has 3 rings (SSSR count). The molecule has 1 aromatic heterocycles. The molecule has 0 aliphatic rings. The minimum Gasteiger partial charge on any atom is -0.361 e. The molecule has 0 saturated heterocycles. The summed E-state index contributed by atoms with van der Waals surface area (Å²) in [5.74, 6) is 0. The molecule has 0 unspecified atom stereocenters. The van der Waals surface area contributed by atoms with E-state index in [1.54, 1.807) is 0 Å². The third-order valence-corrected chi connectivity index (χ3v) is 3.40. The van der Waals surface area contributed by atoms with Crippen LogP contribution in [0.3, 0.4) is 0 Å².